The molecule has 7 nitrogen and oxygen atoms in total. The Hall–Kier alpha value is -2.68. The summed E-state index contributed by atoms with van der Waals surface area (Å²) < 4.78 is 0. The van der Waals surface area contributed by atoms with Gasteiger partial charge in [0.2, 0.25) is 0 Å². The van der Waals surface area contributed by atoms with Crippen LogP contribution in [0.5, 0.6) is 0 Å². The van der Waals surface area contributed by atoms with Crippen LogP contribution in [0.2, 0.25) is 0 Å². The van der Waals surface area contributed by atoms with Gasteiger partial charge in [-0.2, -0.15) is 5.10 Å². The molecule has 2 atom stereocenters. The fourth-order valence-corrected chi connectivity index (χ4v) is 4.01. The number of fused-ring (bicyclic) bond motifs is 1. The number of benzene rings is 1. The van der Waals surface area contributed by atoms with E-state index in [1.54, 1.807) is 6.20 Å². The smallest absolute Gasteiger partial charge is 0.147 e. The Morgan fingerprint density at radius 2 is 2.08 bits per heavy atom. The summed E-state index contributed by atoms with van der Waals surface area (Å²) in [5.74, 6) is -0.174. The molecule has 0 bridgehead atoms. The predicted molar refractivity (Wildman–Crippen MR) is 103 cm³/mol. The molecule has 2 unspecified atom stereocenters. The molecule has 132 valence electrons. The molecule has 0 amide bonds. The second-order valence-corrected chi connectivity index (χ2v) is 7.16. The summed E-state index contributed by atoms with van der Waals surface area (Å²) in [7, 11) is 0. The summed E-state index contributed by atoms with van der Waals surface area (Å²) >= 11 is 1.52. The van der Waals surface area contributed by atoms with Crippen molar-refractivity contribution in [3.05, 3.63) is 59.0 Å². The minimum absolute atomic E-state index is 0.174. The van der Waals surface area contributed by atoms with Crippen molar-refractivity contribution in [3.8, 4) is 10.6 Å². The molecule has 3 aromatic heterocycles. The molecule has 3 heterocycles. The number of aryl methyl sites for hydroxylation is 1. The highest BCUT2D eigenvalue weighted by Crippen LogP contribution is 2.33. The van der Waals surface area contributed by atoms with Crippen LogP contribution in [-0.2, 0) is 0 Å². The van der Waals surface area contributed by atoms with Crippen molar-refractivity contribution in [2.24, 2.45) is 11.5 Å². The van der Waals surface area contributed by atoms with Crippen LogP contribution < -0.4 is 11.5 Å². The maximum absolute atomic E-state index is 6.27. The Bertz CT molecular complexity index is 1020. The number of pyridine rings is 1. The van der Waals surface area contributed by atoms with Gasteiger partial charge in [0.1, 0.15) is 10.0 Å². The van der Waals surface area contributed by atoms with E-state index in [2.05, 4.69) is 31.4 Å². The number of aromatic amines is 1. The number of H-pyrrole nitrogens is 1. The highest BCUT2D eigenvalue weighted by atomic mass is 32.1. The largest absolute Gasteiger partial charge is 0.329 e. The average Bonchev–Trinajstić information content (AvgIpc) is 3.30. The van der Waals surface area contributed by atoms with Crippen molar-refractivity contribution in [2.75, 3.05) is 6.54 Å². The standard InChI is InChI=1S/C18H19N7S/c1-10-12-8-11(5-6-14(12)23-22-10)17-24-25-18(26-17)16(13(20)9-19)15-4-2-3-7-21-15/h2-8,13,16H,9,19-20H2,1H3,(H,22,23). The minimum atomic E-state index is -0.274. The van der Waals surface area contributed by atoms with Gasteiger partial charge in [-0.3, -0.25) is 10.1 Å². The summed E-state index contributed by atoms with van der Waals surface area (Å²) in [6.45, 7) is 2.32. The van der Waals surface area contributed by atoms with Crippen LogP contribution in [0.25, 0.3) is 21.5 Å². The third-order valence-corrected chi connectivity index (χ3v) is 5.47. The first kappa shape index (κ1) is 16.8. The van der Waals surface area contributed by atoms with Gasteiger partial charge in [-0.05, 0) is 37.3 Å². The molecule has 0 spiro atoms. The first-order valence-electron chi connectivity index (χ1n) is 8.32. The van der Waals surface area contributed by atoms with E-state index in [0.29, 0.717) is 6.54 Å². The Morgan fingerprint density at radius 1 is 1.19 bits per heavy atom. The van der Waals surface area contributed by atoms with Crippen molar-refractivity contribution >= 4 is 22.2 Å². The van der Waals surface area contributed by atoms with E-state index in [1.165, 1.54) is 11.3 Å². The molecule has 0 radical (unpaired) electrons. The normalized spacial score (nSPS) is 13.8. The average molecular weight is 365 g/mol. The van der Waals surface area contributed by atoms with Gasteiger partial charge in [-0.1, -0.05) is 17.4 Å². The van der Waals surface area contributed by atoms with E-state index < -0.39 is 0 Å². The predicted octanol–water partition coefficient (Wildman–Crippen LogP) is 2.20. The summed E-state index contributed by atoms with van der Waals surface area (Å²) in [6.07, 6.45) is 1.75. The first-order valence-corrected chi connectivity index (χ1v) is 9.14. The second kappa shape index (κ2) is 6.91. The van der Waals surface area contributed by atoms with Gasteiger partial charge in [0.05, 0.1) is 22.8 Å². The number of nitrogens with one attached hydrogen (secondary N) is 1. The van der Waals surface area contributed by atoms with Gasteiger partial charge >= 0.3 is 0 Å². The lowest BCUT2D eigenvalue weighted by Crippen LogP contribution is -2.36. The molecule has 8 heteroatoms. The van der Waals surface area contributed by atoms with Gasteiger partial charge in [-0.15, -0.1) is 10.2 Å². The fourth-order valence-electron chi connectivity index (χ4n) is 2.98. The second-order valence-electron chi connectivity index (χ2n) is 6.15. The van der Waals surface area contributed by atoms with Crippen LogP contribution in [0.15, 0.2) is 42.6 Å². The highest BCUT2D eigenvalue weighted by Gasteiger charge is 2.26. The van der Waals surface area contributed by atoms with Gasteiger partial charge in [0.15, 0.2) is 0 Å². The molecule has 0 aliphatic rings. The number of hydrogen-bond donors (Lipinski definition) is 3. The van der Waals surface area contributed by atoms with Crippen molar-refractivity contribution in [2.45, 2.75) is 18.9 Å². The van der Waals surface area contributed by atoms with Gasteiger partial charge in [0, 0.05) is 29.7 Å². The number of rotatable bonds is 5. The number of hydrogen-bond acceptors (Lipinski definition) is 7. The molecular formula is C18H19N7S. The molecular weight excluding hydrogens is 346 g/mol. The van der Waals surface area contributed by atoms with Crippen LogP contribution in [0, 0.1) is 6.92 Å². The maximum atomic E-state index is 6.27. The van der Waals surface area contributed by atoms with Crippen LogP contribution in [0.4, 0.5) is 0 Å². The van der Waals surface area contributed by atoms with Crippen molar-refractivity contribution in [1.29, 1.82) is 0 Å². The molecule has 0 aliphatic heterocycles. The van der Waals surface area contributed by atoms with E-state index >= 15 is 0 Å². The maximum Gasteiger partial charge on any atom is 0.147 e. The van der Waals surface area contributed by atoms with Crippen LogP contribution >= 0.6 is 11.3 Å². The highest BCUT2D eigenvalue weighted by molar-refractivity contribution is 7.14. The molecule has 0 fully saturated rings. The Morgan fingerprint density at radius 3 is 2.85 bits per heavy atom. The van der Waals surface area contributed by atoms with Crippen molar-refractivity contribution < 1.29 is 0 Å². The molecule has 0 saturated heterocycles. The van der Waals surface area contributed by atoms with E-state index in [9.17, 15) is 0 Å². The van der Waals surface area contributed by atoms with Crippen molar-refractivity contribution in [1.82, 2.24) is 25.4 Å². The zero-order valence-corrected chi connectivity index (χ0v) is 15.1. The number of aromatic nitrogens is 5. The molecule has 0 saturated carbocycles. The summed E-state index contributed by atoms with van der Waals surface area (Å²) in [5.41, 5.74) is 15.9. The lowest BCUT2D eigenvalue weighted by molar-refractivity contribution is 0.584. The SMILES string of the molecule is Cc1n[nH]c2ccc(-c3nnc(C(c4ccccn4)C(N)CN)s3)cc12. The van der Waals surface area contributed by atoms with Gasteiger partial charge in [0.25, 0.3) is 0 Å². The lowest BCUT2D eigenvalue weighted by Gasteiger charge is -2.19. The molecule has 26 heavy (non-hydrogen) atoms. The molecule has 1 aromatic carbocycles. The summed E-state index contributed by atoms with van der Waals surface area (Å²) in [4.78, 5) is 4.44. The van der Waals surface area contributed by atoms with Crippen LogP contribution in [0.3, 0.4) is 0 Å². The zero-order chi connectivity index (χ0) is 18.1. The third kappa shape index (κ3) is 2.98. The summed E-state index contributed by atoms with van der Waals surface area (Å²) in [6, 6.07) is 11.6. The molecule has 5 N–H and O–H groups in total. The monoisotopic (exact) mass is 365 g/mol. The van der Waals surface area contributed by atoms with Crippen LogP contribution in [-0.4, -0.2) is 38.0 Å². The quantitative estimate of drug-likeness (QED) is 0.499. The molecule has 4 rings (SSSR count). The Balaban J connectivity index is 1.74. The van der Waals surface area contributed by atoms with E-state index in [-0.39, 0.29) is 12.0 Å². The van der Waals surface area contributed by atoms with Gasteiger partial charge in [-0.25, -0.2) is 0 Å². The number of nitrogens with zero attached hydrogens (tertiary/aromatic N) is 4. The number of nitrogens with two attached hydrogens (primary N) is 2. The molecule has 0 aliphatic carbocycles. The topological polar surface area (TPSA) is 119 Å². The minimum Gasteiger partial charge on any atom is -0.329 e. The Kier molecular flexibility index (Phi) is 4.46. The van der Waals surface area contributed by atoms with Crippen LogP contribution in [0.1, 0.15) is 22.3 Å². The van der Waals surface area contributed by atoms with Crippen molar-refractivity contribution in [3.63, 3.8) is 0 Å². The van der Waals surface area contributed by atoms with Gasteiger partial charge < -0.3 is 11.5 Å². The molecule has 4 aromatic rings. The van der Waals surface area contributed by atoms with E-state index in [1.807, 2.05) is 37.3 Å². The summed E-state index contributed by atoms with van der Waals surface area (Å²) in [5, 5.41) is 18.8. The third-order valence-electron chi connectivity index (χ3n) is 4.41. The first-order chi connectivity index (χ1) is 12.7. The van der Waals surface area contributed by atoms with E-state index in [0.717, 1.165) is 37.9 Å². The van der Waals surface area contributed by atoms with E-state index in [4.69, 9.17) is 11.5 Å². The Labute approximate surface area is 154 Å². The zero-order valence-electron chi connectivity index (χ0n) is 14.3. The fraction of sp³-hybridized carbons (Fsp3) is 0.222. The lowest BCUT2D eigenvalue weighted by atomic mass is 9.97.